The zero-order valence-electron chi connectivity index (χ0n) is 10.6. The van der Waals surface area contributed by atoms with Crippen molar-refractivity contribution in [3.05, 3.63) is 0 Å². The van der Waals surface area contributed by atoms with Crippen molar-refractivity contribution in [2.45, 2.75) is 44.6 Å². The molecule has 2 rings (SSSR count). The first-order valence-electron chi connectivity index (χ1n) is 6.90. The molecule has 94 valence electrons. The van der Waals surface area contributed by atoms with E-state index in [0.29, 0.717) is 5.54 Å². The van der Waals surface area contributed by atoms with E-state index in [9.17, 15) is 0 Å². The van der Waals surface area contributed by atoms with Crippen molar-refractivity contribution in [1.82, 2.24) is 10.2 Å². The molecule has 2 aliphatic rings. The molecule has 16 heavy (non-hydrogen) atoms. The number of hydrogen-bond acceptors (Lipinski definition) is 3. The van der Waals surface area contributed by atoms with Crippen molar-refractivity contribution in [2.75, 3.05) is 39.4 Å². The molecule has 1 heterocycles. The predicted octanol–water partition coefficient (Wildman–Crippen LogP) is 1.63. The average molecular weight is 226 g/mol. The summed E-state index contributed by atoms with van der Waals surface area (Å²) in [6.07, 6.45) is 7.00. The molecule has 1 spiro atoms. The summed E-state index contributed by atoms with van der Waals surface area (Å²) in [6.45, 7) is 8.50. The van der Waals surface area contributed by atoms with E-state index in [1.165, 1.54) is 45.2 Å². The van der Waals surface area contributed by atoms with Gasteiger partial charge in [-0.3, -0.25) is 4.90 Å². The van der Waals surface area contributed by atoms with Gasteiger partial charge >= 0.3 is 0 Å². The molecular formula is C13H26N2O. The Hall–Kier alpha value is -0.120. The Labute approximate surface area is 99.5 Å². The van der Waals surface area contributed by atoms with E-state index >= 15 is 0 Å². The average Bonchev–Trinajstić information content (AvgIpc) is 2.31. The largest absolute Gasteiger partial charge is 0.380 e. The second-order valence-corrected chi connectivity index (χ2v) is 5.24. The van der Waals surface area contributed by atoms with Gasteiger partial charge in [-0.15, -0.1) is 0 Å². The maximum absolute atomic E-state index is 5.45. The molecule has 1 N–H and O–H groups in total. The second-order valence-electron chi connectivity index (χ2n) is 5.24. The number of rotatable bonds is 4. The fraction of sp³-hybridized carbons (Fsp3) is 1.00. The molecule has 3 nitrogen and oxygen atoms in total. The molecule has 0 aromatic carbocycles. The molecule has 2 fully saturated rings. The smallest absolute Gasteiger partial charge is 0.0593 e. The number of nitrogens with one attached hydrogen (secondary N) is 1. The van der Waals surface area contributed by atoms with E-state index in [-0.39, 0.29) is 0 Å². The van der Waals surface area contributed by atoms with Gasteiger partial charge in [0.25, 0.3) is 0 Å². The van der Waals surface area contributed by atoms with Crippen LogP contribution in [0.1, 0.15) is 39.0 Å². The minimum Gasteiger partial charge on any atom is -0.380 e. The lowest BCUT2D eigenvalue weighted by Gasteiger charge is -2.46. The molecule has 1 saturated carbocycles. The van der Waals surface area contributed by atoms with Crippen molar-refractivity contribution in [1.29, 1.82) is 0 Å². The van der Waals surface area contributed by atoms with Crippen LogP contribution in [0.4, 0.5) is 0 Å². The van der Waals surface area contributed by atoms with Crippen molar-refractivity contribution in [3.8, 4) is 0 Å². The minimum absolute atomic E-state index is 0.447. The van der Waals surface area contributed by atoms with Gasteiger partial charge in [0.15, 0.2) is 0 Å². The number of piperazine rings is 1. The molecule has 0 unspecified atom stereocenters. The SMILES string of the molecule is CCOCCN1CCNC2(CCCCC2)C1. The summed E-state index contributed by atoms with van der Waals surface area (Å²) in [5, 5.41) is 3.77. The second kappa shape index (κ2) is 5.99. The molecule has 1 saturated heterocycles. The molecular weight excluding hydrogens is 200 g/mol. The Morgan fingerprint density at radius 2 is 2.06 bits per heavy atom. The Kier molecular flexibility index (Phi) is 4.62. The lowest BCUT2D eigenvalue weighted by atomic mass is 9.80. The van der Waals surface area contributed by atoms with Crippen LogP contribution in [0.2, 0.25) is 0 Å². The first kappa shape index (κ1) is 12.3. The van der Waals surface area contributed by atoms with E-state index in [1.807, 2.05) is 0 Å². The molecule has 1 aliphatic carbocycles. The zero-order valence-corrected chi connectivity index (χ0v) is 10.6. The van der Waals surface area contributed by atoms with Crippen molar-refractivity contribution in [3.63, 3.8) is 0 Å². The summed E-state index contributed by atoms with van der Waals surface area (Å²) in [7, 11) is 0. The Morgan fingerprint density at radius 3 is 2.81 bits per heavy atom. The van der Waals surface area contributed by atoms with Crippen LogP contribution < -0.4 is 5.32 Å². The van der Waals surface area contributed by atoms with Gasteiger partial charge in [0, 0.05) is 38.3 Å². The molecule has 0 bridgehead atoms. The molecule has 1 aliphatic heterocycles. The van der Waals surface area contributed by atoms with E-state index in [1.54, 1.807) is 0 Å². The van der Waals surface area contributed by atoms with Crippen LogP contribution in [-0.2, 0) is 4.74 Å². The van der Waals surface area contributed by atoms with Gasteiger partial charge in [-0.05, 0) is 19.8 Å². The summed E-state index contributed by atoms with van der Waals surface area (Å²) >= 11 is 0. The van der Waals surface area contributed by atoms with Gasteiger partial charge in [0.1, 0.15) is 0 Å². The van der Waals surface area contributed by atoms with Crippen LogP contribution in [0, 0.1) is 0 Å². The highest BCUT2D eigenvalue weighted by Crippen LogP contribution is 2.30. The topological polar surface area (TPSA) is 24.5 Å². The van der Waals surface area contributed by atoms with Gasteiger partial charge in [0.05, 0.1) is 6.61 Å². The normalized spacial score (nSPS) is 26.1. The summed E-state index contributed by atoms with van der Waals surface area (Å²) < 4.78 is 5.45. The van der Waals surface area contributed by atoms with Gasteiger partial charge in [-0.1, -0.05) is 19.3 Å². The first-order chi connectivity index (χ1) is 7.85. The van der Waals surface area contributed by atoms with E-state index in [2.05, 4.69) is 17.1 Å². The van der Waals surface area contributed by atoms with Gasteiger partial charge in [-0.25, -0.2) is 0 Å². The third kappa shape index (κ3) is 3.19. The standard InChI is InChI=1S/C13H26N2O/c1-2-16-11-10-15-9-8-14-13(12-15)6-4-3-5-7-13/h14H,2-12H2,1H3. The van der Waals surface area contributed by atoms with Crippen LogP contribution in [0.15, 0.2) is 0 Å². The molecule has 0 radical (unpaired) electrons. The maximum atomic E-state index is 5.45. The monoisotopic (exact) mass is 226 g/mol. The Balaban J connectivity index is 1.78. The van der Waals surface area contributed by atoms with Crippen molar-refractivity contribution >= 4 is 0 Å². The third-order valence-corrected chi connectivity index (χ3v) is 4.02. The van der Waals surface area contributed by atoms with Crippen molar-refractivity contribution in [2.24, 2.45) is 0 Å². The lowest BCUT2D eigenvalue weighted by molar-refractivity contribution is 0.0634. The van der Waals surface area contributed by atoms with E-state index in [4.69, 9.17) is 4.74 Å². The number of nitrogens with zero attached hydrogens (tertiary/aromatic N) is 1. The quantitative estimate of drug-likeness (QED) is 0.737. The summed E-state index contributed by atoms with van der Waals surface area (Å²) in [6, 6.07) is 0. The van der Waals surface area contributed by atoms with Crippen LogP contribution in [-0.4, -0.2) is 49.8 Å². The number of hydrogen-bond donors (Lipinski definition) is 1. The third-order valence-electron chi connectivity index (χ3n) is 4.02. The minimum atomic E-state index is 0.447. The highest BCUT2D eigenvalue weighted by Gasteiger charge is 2.35. The molecule has 3 heteroatoms. The van der Waals surface area contributed by atoms with Gasteiger partial charge in [-0.2, -0.15) is 0 Å². The number of ether oxygens (including phenoxy) is 1. The molecule has 0 aromatic rings. The fourth-order valence-electron chi connectivity index (χ4n) is 3.13. The van der Waals surface area contributed by atoms with Crippen LogP contribution in [0.3, 0.4) is 0 Å². The van der Waals surface area contributed by atoms with Crippen LogP contribution in [0.25, 0.3) is 0 Å². The fourth-order valence-corrected chi connectivity index (χ4v) is 3.13. The summed E-state index contributed by atoms with van der Waals surface area (Å²) in [5.41, 5.74) is 0.447. The molecule has 0 amide bonds. The lowest BCUT2D eigenvalue weighted by Crippen LogP contribution is -2.61. The molecule has 0 atom stereocenters. The Morgan fingerprint density at radius 1 is 1.25 bits per heavy atom. The highest BCUT2D eigenvalue weighted by molar-refractivity contribution is 4.96. The maximum Gasteiger partial charge on any atom is 0.0593 e. The van der Waals surface area contributed by atoms with E-state index < -0.39 is 0 Å². The van der Waals surface area contributed by atoms with Crippen LogP contribution >= 0.6 is 0 Å². The Bertz CT molecular complexity index is 197. The summed E-state index contributed by atoms with van der Waals surface area (Å²) in [4.78, 5) is 2.58. The zero-order chi connectivity index (χ0) is 11.3. The highest BCUT2D eigenvalue weighted by atomic mass is 16.5. The van der Waals surface area contributed by atoms with Crippen molar-refractivity contribution < 1.29 is 4.74 Å². The molecule has 0 aromatic heterocycles. The predicted molar refractivity (Wildman–Crippen MR) is 66.8 cm³/mol. The summed E-state index contributed by atoms with van der Waals surface area (Å²) in [5.74, 6) is 0. The van der Waals surface area contributed by atoms with Crippen LogP contribution in [0.5, 0.6) is 0 Å². The van der Waals surface area contributed by atoms with Gasteiger partial charge < -0.3 is 10.1 Å². The first-order valence-corrected chi connectivity index (χ1v) is 6.90. The van der Waals surface area contributed by atoms with Gasteiger partial charge in [0.2, 0.25) is 0 Å². The van der Waals surface area contributed by atoms with E-state index in [0.717, 1.165) is 26.3 Å².